The number of alkyl halides is 3. The molecular formula is C21H23F3N4O5. The van der Waals surface area contributed by atoms with Crippen molar-refractivity contribution >= 4 is 34.4 Å². The van der Waals surface area contributed by atoms with Gasteiger partial charge in [0.2, 0.25) is 5.91 Å². The normalized spacial score (nSPS) is 22.7. The van der Waals surface area contributed by atoms with Crippen LogP contribution in [0, 0.1) is 5.92 Å². The molecule has 12 heteroatoms. The maximum atomic E-state index is 12.8. The molecule has 9 nitrogen and oxygen atoms in total. The first kappa shape index (κ1) is 23.2. The van der Waals surface area contributed by atoms with Gasteiger partial charge in [0.15, 0.2) is 5.78 Å². The Morgan fingerprint density at radius 2 is 1.97 bits per heavy atom. The number of hydrogen-bond acceptors (Lipinski definition) is 6. The number of nitrogens with one attached hydrogen (secondary N) is 3. The van der Waals surface area contributed by atoms with Crippen LogP contribution < -0.4 is 10.6 Å². The Labute approximate surface area is 186 Å². The molecule has 0 aliphatic carbocycles. The van der Waals surface area contributed by atoms with E-state index in [1.807, 2.05) is 6.07 Å². The van der Waals surface area contributed by atoms with Crippen LogP contribution in [0.25, 0.3) is 11.0 Å². The van der Waals surface area contributed by atoms with Crippen LogP contribution in [0.2, 0.25) is 0 Å². The van der Waals surface area contributed by atoms with Gasteiger partial charge in [0.25, 0.3) is 0 Å². The molecule has 2 aromatic rings. The van der Waals surface area contributed by atoms with E-state index < -0.39 is 17.6 Å². The van der Waals surface area contributed by atoms with Gasteiger partial charge < -0.3 is 25.5 Å². The second-order valence-electron chi connectivity index (χ2n) is 8.44. The average Bonchev–Trinajstić information content (AvgIpc) is 3.47. The largest absolute Gasteiger partial charge is 0.490 e. The molecule has 0 aromatic carbocycles. The number of carbonyl (C=O) groups excluding carboxylic acids is 2. The highest BCUT2D eigenvalue weighted by atomic mass is 19.4. The lowest BCUT2D eigenvalue weighted by molar-refractivity contribution is -0.192. The fourth-order valence-corrected chi connectivity index (χ4v) is 4.61. The van der Waals surface area contributed by atoms with E-state index in [-0.39, 0.29) is 11.7 Å². The van der Waals surface area contributed by atoms with Crippen LogP contribution in [0.15, 0.2) is 12.3 Å². The van der Waals surface area contributed by atoms with Crippen LogP contribution in [-0.4, -0.2) is 65.2 Å². The summed E-state index contributed by atoms with van der Waals surface area (Å²) in [5.41, 5.74) is 2.49. The zero-order chi connectivity index (χ0) is 23.8. The molecule has 5 heterocycles. The highest BCUT2D eigenvalue weighted by Gasteiger charge is 2.50. The average molecular weight is 468 g/mol. The maximum absolute atomic E-state index is 12.8. The molecule has 3 aliphatic heterocycles. The highest BCUT2D eigenvalue weighted by molar-refractivity contribution is 6.12. The molecule has 1 spiro atoms. The molecule has 2 saturated heterocycles. The fraction of sp³-hybridized carbons (Fsp3) is 0.524. The third-order valence-corrected chi connectivity index (χ3v) is 6.33. The van der Waals surface area contributed by atoms with Crippen molar-refractivity contribution in [3.63, 3.8) is 0 Å². The molecule has 3 aliphatic rings. The number of Topliss-reactive ketones (excluding diaryl/α,β-unsaturated/α-hetero) is 1. The molecule has 1 unspecified atom stereocenters. The number of carbonyl (C=O) groups is 3. The van der Waals surface area contributed by atoms with E-state index in [0.717, 1.165) is 55.7 Å². The molecule has 1 amide bonds. The van der Waals surface area contributed by atoms with Gasteiger partial charge in [-0.1, -0.05) is 0 Å². The molecule has 0 bridgehead atoms. The molecule has 0 saturated carbocycles. The number of rotatable bonds is 3. The summed E-state index contributed by atoms with van der Waals surface area (Å²) in [5.74, 6) is -2.23. The van der Waals surface area contributed by atoms with Gasteiger partial charge in [-0.25, -0.2) is 9.78 Å². The molecule has 2 aromatic heterocycles. The van der Waals surface area contributed by atoms with Crippen molar-refractivity contribution in [1.29, 1.82) is 0 Å². The predicted octanol–water partition coefficient (Wildman–Crippen LogP) is 2.38. The van der Waals surface area contributed by atoms with Crippen LogP contribution in [0.3, 0.4) is 0 Å². The summed E-state index contributed by atoms with van der Waals surface area (Å²) in [6, 6.07) is 1.89. The third-order valence-electron chi connectivity index (χ3n) is 6.33. The zero-order valence-corrected chi connectivity index (χ0v) is 17.6. The number of fused-ring (bicyclic) bond motifs is 4. The van der Waals surface area contributed by atoms with Crippen molar-refractivity contribution in [3.8, 4) is 0 Å². The number of aromatic amines is 1. The van der Waals surface area contributed by atoms with E-state index in [1.54, 1.807) is 6.20 Å². The van der Waals surface area contributed by atoms with Crippen LogP contribution in [0.4, 0.5) is 18.9 Å². The Hall–Kier alpha value is -2.99. The summed E-state index contributed by atoms with van der Waals surface area (Å²) in [4.78, 5) is 41.9. The molecule has 5 rings (SSSR count). The minimum absolute atomic E-state index is 0.0306. The van der Waals surface area contributed by atoms with Gasteiger partial charge in [-0.3, -0.25) is 9.59 Å². The Kier molecular flexibility index (Phi) is 6.14. The van der Waals surface area contributed by atoms with Crippen LogP contribution in [0.1, 0.15) is 41.7 Å². The summed E-state index contributed by atoms with van der Waals surface area (Å²) in [6.07, 6.45) is -0.213. The number of nitrogens with zero attached hydrogens (tertiary/aromatic N) is 1. The molecule has 0 radical (unpaired) electrons. The van der Waals surface area contributed by atoms with Crippen LogP contribution in [0.5, 0.6) is 0 Å². The highest BCUT2D eigenvalue weighted by Crippen LogP contribution is 2.45. The first-order valence-corrected chi connectivity index (χ1v) is 10.6. The number of ether oxygens (including phenoxy) is 1. The first-order chi connectivity index (χ1) is 15.6. The molecule has 33 heavy (non-hydrogen) atoms. The fourth-order valence-electron chi connectivity index (χ4n) is 4.61. The lowest BCUT2D eigenvalue weighted by atomic mass is 9.80. The lowest BCUT2D eigenvalue weighted by Gasteiger charge is -2.20. The zero-order valence-electron chi connectivity index (χ0n) is 17.6. The Morgan fingerprint density at radius 1 is 1.27 bits per heavy atom. The van der Waals surface area contributed by atoms with Gasteiger partial charge in [0.1, 0.15) is 5.65 Å². The number of ketones is 1. The number of aromatic nitrogens is 2. The second-order valence-corrected chi connectivity index (χ2v) is 8.44. The van der Waals surface area contributed by atoms with Gasteiger partial charge in [-0.05, 0) is 37.8 Å². The summed E-state index contributed by atoms with van der Waals surface area (Å²) in [5, 5.41) is 14.3. The minimum atomic E-state index is -5.08. The predicted molar refractivity (Wildman–Crippen MR) is 110 cm³/mol. The Bertz CT molecular complexity index is 1090. The summed E-state index contributed by atoms with van der Waals surface area (Å²) in [6.45, 7) is 2.92. The Balaban J connectivity index is 0.000000325. The van der Waals surface area contributed by atoms with Gasteiger partial charge in [0, 0.05) is 37.1 Å². The quantitative estimate of drug-likeness (QED) is 0.508. The van der Waals surface area contributed by atoms with Gasteiger partial charge >= 0.3 is 12.1 Å². The van der Waals surface area contributed by atoms with Crippen molar-refractivity contribution in [2.24, 2.45) is 5.92 Å². The maximum Gasteiger partial charge on any atom is 0.490 e. The van der Waals surface area contributed by atoms with Crippen LogP contribution in [-0.2, 0) is 19.7 Å². The number of amides is 1. The molecule has 4 N–H and O–H groups in total. The topological polar surface area (TPSA) is 133 Å². The molecule has 1 atom stereocenters. The van der Waals surface area contributed by atoms with E-state index in [0.29, 0.717) is 30.2 Å². The minimum Gasteiger partial charge on any atom is -0.475 e. The summed E-state index contributed by atoms with van der Waals surface area (Å²) in [7, 11) is 0. The summed E-state index contributed by atoms with van der Waals surface area (Å²) >= 11 is 0. The SMILES string of the molecule is O=C(CC1CCOCC1)c1cc2c3c(cnc2[nH]1)NC(=O)C31CCNC1.O=C(O)C(F)(F)F. The van der Waals surface area contributed by atoms with Gasteiger partial charge in [-0.15, -0.1) is 0 Å². The van der Waals surface area contributed by atoms with Crippen molar-refractivity contribution < 1.29 is 37.4 Å². The molecule has 178 valence electrons. The van der Waals surface area contributed by atoms with Crippen molar-refractivity contribution in [3.05, 3.63) is 23.5 Å². The number of halogens is 3. The number of carboxylic acids is 1. The molecule has 2 fully saturated rings. The number of H-pyrrole nitrogens is 1. The number of carboxylic acid groups (broad SMARTS) is 1. The van der Waals surface area contributed by atoms with E-state index in [9.17, 15) is 22.8 Å². The van der Waals surface area contributed by atoms with Gasteiger partial charge in [0.05, 0.1) is 23.0 Å². The number of hydrogen-bond donors (Lipinski definition) is 4. The van der Waals surface area contributed by atoms with E-state index in [4.69, 9.17) is 14.6 Å². The lowest BCUT2D eigenvalue weighted by Crippen LogP contribution is -2.36. The van der Waals surface area contributed by atoms with Gasteiger partial charge in [-0.2, -0.15) is 13.2 Å². The third kappa shape index (κ3) is 4.44. The van der Waals surface area contributed by atoms with Crippen molar-refractivity contribution in [2.75, 3.05) is 31.6 Å². The smallest absolute Gasteiger partial charge is 0.475 e. The number of pyridine rings is 1. The monoisotopic (exact) mass is 468 g/mol. The number of anilines is 1. The van der Waals surface area contributed by atoms with Crippen LogP contribution >= 0.6 is 0 Å². The van der Waals surface area contributed by atoms with E-state index >= 15 is 0 Å². The second kappa shape index (κ2) is 8.75. The van der Waals surface area contributed by atoms with Crippen molar-refractivity contribution in [1.82, 2.24) is 15.3 Å². The molecular weight excluding hydrogens is 445 g/mol. The summed E-state index contributed by atoms with van der Waals surface area (Å²) < 4.78 is 37.1. The van der Waals surface area contributed by atoms with E-state index in [2.05, 4.69) is 20.6 Å². The Morgan fingerprint density at radius 3 is 2.58 bits per heavy atom. The standard InChI is InChI=1S/C19H22N4O3.C2HF3O2/c24-15(7-11-1-5-26-6-2-11)13-8-12-16-14(9-21-17(12)22-13)23-18(25)19(16)3-4-20-10-19;3-2(4,5)1(6)7/h8-9,11,20H,1-7,10H2,(H,21,22)(H,23,25);(H,6,7). The number of aliphatic carboxylic acids is 1. The van der Waals surface area contributed by atoms with Crippen molar-refractivity contribution in [2.45, 2.75) is 37.3 Å². The van der Waals surface area contributed by atoms with E-state index in [1.165, 1.54) is 0 Å². The first-order valence-electron chi connectivity index (χ1n) is 10.6.